The first-order chi connectivity index (χ1) is 13.5. The van der Waals surface area contributed by atoms with E-state index in [4.69, 9.17) is 32.7 Å². The van der Waals surface area contributed by atoms with Gasteiger partial charge >= 0.3 is 0 Å². The molecule has 150 valence electrons. The van der Waals surface area contributed by atoms with E-state index in [9.17, 15) is 4.79 Å². The number of nitrogens with zero attached hydrogens (tertiary/aromatic N) is 1. The fourth-order valence-corrected chi connectivity index (χ4v) is 3.92. The molecule has 0 bridgehead atoms. The predicted molar refractivity (Wildman–Crippen MR) is 113 cm³/mol. The maximum absolute atomic E-state index is 12.9. The molecule has 1 amide bonds. The van der Waals surface area contributed by atoms with Crippen molar-refractivity contribution in [2.24, 2.45) is 5.92 Å². The molecular weight excluding hydrogens is 399 g/mol. The van der Waals surface area contributed by atoms with E-state index in [0.29, 0.717) is 40.3 Å². The minimum Gasteiger partial charge on any atom is -0.497 e. The third kappa shape index (κ3) is 5.10. The summed E-state index contributed by atoms with van der Waals surface area (Å²) in [5.41, 5.74) is 1.63. The van der Waals surface area contributed by atoms with Gasteiger partial charge in [-0.15, -0.1) is 0 Å². The molecule has 0 saturated carbocycles. The largest absolute Gasteiger partial charge is 0.497 e. The summed E-state index contributed by atoms with van der Waals surface area (Å²) >= 11 is 12.3. The molecule has 0 radical (unpaired) electrons. The van der Waals surface area contributed by atoms with Gasteiger partial charge in [-0.1, -0.05) is 29.3 Å². The van der Waals surface area contributed by atoms with Gasteiger partial charge in [0.2, 0.25) is 5.91 Å². The Morgan fingerprint density at radius 3 is 2.71 bits per heavy atom. The van der Waals surface area contributed by atoms with E-state index < -0.39 is 0 Å². The Hall–Kier alpha value is -1.95. The van der Waals surface area contributed by atoms with Gasteiger partial charge in [-0.05, 0) is 49.2 Å². The molecule has 1 N–H and O–H groups in total. The third-order valence-electron chi connectivity index (χ3n) is 4.95. The Labute approximate surface area is 175 Å². The molecule has 2 aromatic rings. The number of methoxy groups -OCH3 is 2. The van der Waals surface area contributed by atoms with Crippen molar-refractivity contribution in [2.45, 2.75) is 19.4 Å². The molecule has 0 aromatic heterocycles. The van der Waals surface area contributed by atoms with E-state index in [1.54, 1.807) is 38.5 Å². The summed E-state index contributed by atoms with van der Waals surface area (Å²) in [4.78, 5) is 15.1. The highest BCUT2D eigenvalue weighted by Crippen LogP contribution is 2.30. The van der Waals surface area contributed by atoms with E-state index in [0.717, 1.165) is 24.9 Å². The number of rotatable bonds is 6. The van der Waals surface area contributed by atoms with Gasteiger partial charge in [0.1, 0.15) is 11.5 Å². The van der Waals surface area contributed by atoms with Crippen LogP contribution in [0.1, 0.15) is 18.4 Å². The summed E-state index contributed by atoms with van der Waals surface area (Å²) in [6.07, 6.45) is 1.81. The Kier molecular flexibility index (Phi) is 7.05. The van der Waals surface area contributed by atoms with Gasteiger partial charge in [-0.25, -0.2) is 0 Å². The molecule has 28 heavy (non-hydrogen) atoms. The van der Waals surface area contributed by atoms with Gasteiger partial charge in [0.05, 0.1) is 25.8 Å². The van der Waals surface area contributed by atoms with Gasteiger partial charge in [-0.3, -0.25) is 9.69 Å². The zero-order valence-corrected chi connectivity index (χ0v) is 17.5. The van der Waals surface area contributed by atoms with Gasteiger partial charge in [0.25, 0.3) is 0 Å². The summed E-state index contributed by atoms with van der Waals surface area (Å²) < 4.78 is 10.6. The molecule has 7 heteroatoms. The Morgan fingerprint density at radius 1 is 1.18 bits per heavy atom. The molecule has 1 fully saturated rings. The quantitative estimate of drug-likeness (QED) is 0.721. The number of carbonyl (C=O) groups excluding carboxylic acids is 1. The van der Waals surface area contributed by atoms with Crippen LogP contribution in [0.15, 0.2) is 36.4 Å². The van der Waals surface area contributed by atoms with Crippen LogP contribution in [-0.2, 0) is 11.3 Å². The number of nitrogens with one attached hydrogen (secondary N) is 1. The van der Waals surface area contributed by atoms with Crippen molar-refractivity contribution in [2.75, 3.05) is 32.6 Å². The highest BCUT2D eigenvalue weighted by molar-refractivity contribution is 6.35. The number of ether oxygens (including phenoxy) is 2. The number of hydrogen-bond donors (Lipinski definition) is 1. The number of benzene rings is 2. The van der Waals surface area contributed by atoms with E-state index in [1.165, 1.54) is 0 Å². The Bertz CT molecular complexity index is 844. The zero-order valence-electron chi connectivity index (χ0n) is 16.0. The van der Waals surface area contributed by atoms with Crippen LogP contribution in [-0.4, -0.2) is 38.1 Å². The second-order valence-corrected chi connectivity index (χ2v) is 7.71. The summed E-state index contributed by atoms with van der Waals surface area (Å²) in [6, 6.07) is 10.9. The molecule has 1 unspecified atom stereocenters. The number of carbonyl (C=O) groups is 1. The molecule has 0 aliphatic carbocycles. The smallest absolute Gasteiger partial charge is 0.228 e. The highest BCUT2D eigenvalue weighted by atomic mass is 35.5. The van der Waals surface area contributed by atoms with Crippen LogP contribution < -0.4 is 14.8 Å². The average molecular weight is 423 g/mol. The lowest BCUT2D eigenvalue weighted by molar-refractivity contribution is -0.121. The average Bonchev–Trinajstić information content (AvgIpc) is 2.70. The van der Waals surface area contributed by atoms with Crippen LogP contribution in [0.5, 0.6) is 11.5 Å². The molecule has 3 rings (SSSR count). The number of halogens is 2. The maximum Gasteiger partial charge on any atom is 0.228 e. The van der Waals surface area contributed by atoms with Crippen molar-refractivity contribution in [3.63, 3.8) is 0 Å². The van der Waals surface area contributed by atoms with Gasteiger partial charge in [0, 0.05) is 29.2 Å². The molecule has 0 spiro atoms. The fraction of sp³-hybridized carbons (Fsp3) is 0.381. The van der Waals surface area contributed by atoms with E-state index >= 15 is 0 Å². The summed E-state index contributed by atoms with van der Waals surface area (Å²) in [5.74, 6) is 1.16. The Balaban J connectivity index is 1.66. The third-order valence-corrected chi connectivity index (χ3v) is 5.54. The number of anilines is 1. The zero-order chi connectivity index (χ0) is 20.1. The van der Waals surface area contributed by atoms with Crippen molar-refractivity contribution in [3.8, 4) is 11.5 Å². The minimum atomic E-state index is -0.101. The van der Waals surface area contributed by atoms with E-state index in [2.05, 4.69) is 10.2 Å². The maximum atomic E-state index is 12.9. The lowest BCUT2D eigenvalue weighted by atomic mass is 9.96. The normalized spacial score (nSPS) is 17.2. The monoisotopic (exact) mass is 422 g/mol. The SMILES string of the molecule is COc1ccc(OC)c(NC(=O)C2CCCN(Cc3ccc(Cl)cc3Cl)C2)c1. The van der Waals surface area contributed by atoms with Gasteiger partial charge in [0.15, 0.2) is 0 Å². The number of piperidine rings is 1. The number of likely N-dealkylation sites (tertiary alicyclic amines) is 1. The summed E-state index contributed by atoms with van der Waals surface area (Å²) in [5, 5.41) is 4.27. The van der Waals surface area contributed by atoms with Crippen molar-refractivity contribution >= 4 is 34.8 Å². The standard InChI is InChI=1S/C21H24Cl2N2O3/c1-27-17-7-8-20(28-2)19(11-17)24-21(26)15-4-3-9-25(13-15)12-14-5-6-16(22)10-18(14)23/h5-8,10-11,15H,3-4,9,12-13H2,1-2H3,(H,24,26). The van der Waals surface area contributed by atoms with E-state index in [1.807, 2.05) is 12.1 Å². The van der Waals surface area contributed by atoms with Crippen LogP contribution in [0.3, 0.4) is 0 Å². The molecule has 1 atom stereocenters. The molecule has 1 saturated heterocycles. The minimum absolute atomic E-state index is 0.0153. The van der Waals surface area contributed by atoms with Crippen LogP contribution in [0.25, 0.3) is 0 Å². The number of hydrogen-bond acceptors (Lipinski definition) is 4. The summed E-state index contributed by atoms with van der Waals surface area (Å²) in [7, 11) is 3.17. The second kappa shape index (κ2) is 9.50. The van der Waals surface area contributed by atoms with Crippen LogP contribution in [0.2, 0.25) is 10.0 Å². The molecule has 1 heterocycles. The predicted octanol–water partition coefficient (Wildman–Crippen LogP) is 4.86. The lowest BCUT2D eigenvalue weighted by Gasteiger charge is -2.32. The molecule has 2 aromatic carbocycles. The van der Waals surface area contributed by atoms with E-state index in [-0.39, 0.29) is 11.8 Å². The Morgan fingerprint density at radius 2 is 2.00 bits per heavy atom. The first-order valence-electron chi connectivity index (χ1n) is 9.19. The van der Waals surface area contributed by atoms with Crippen molar-refractivity contribution < 1.29 is 14.3 Å². The van der Waals surface area contributed by atoms with Crippen molar-refractivity contribution in [1.82, 2.24) is 4.90 Å². The fourth-order valence-electron chi connectivity index (χ4n) is 3.45. The number of amides is 1. The van der Waals surface area contributed by atoms with Crippen LogP contribution >= 0.6 is 23.2 Å². The first-order valence-corrected chi connectivity index (χ1v) is 9.95. The first kappa shape index (κ1) is 20.8. The van der Waals surface area contributed by atoms with Crippen molar-refractivity contribution in [3.05, 3.63) is 52.0 Å². The summed E-state index contributed by atoms with van der Waals surface area (Å²) in [6.45, 7) is 2.31. The second-order valence-electron chi connectivity index (χ2n) is 6.87. The topological polar surface area (TPSA) is 50.8 Å². The lowest BCUT2D eigenvalue weighted by Crippen LogP contribution is -2.40. The van der Waals surface area contributed by atoms with Crippen molar-refractivity contribution in [1.29, 1.82) is 0 Å². The molecule has 1 aliphatic rings. The van der Waals surface area contributed by atoms with Crippen LogP contribution in [0, 0.1) is 5.92 Å². The van der Waals surface area contributed by atoms with Gasteiger partial charge < -0.3 is 14.8 Å². The van der Waals surface area contributed by atoms with Crippen LogP contribution in [0.4, 0.5) is 5.69 Å². The molecule has 5 nitrogen and oxygen atoms in total. The van der Waals surface area contributed by atoms with Gasteiger partial charge in [-0.2, -0.15) is 0 Å². The highest BCUT2D eigenvalue weighted by Gasteiger charge is 2.27. The molecular formula is C21H24Cl2N2O3. The molecule has 1 aliphatic heterocycles.